The molecule has 2 aromatic carbocycles. The van der Waals surface area contributed by atoms with Gasteiger partial charge in [-0.1, -0.05) is 6.07 Å². The quantitative estimate of drug-likeness (QED) is 0.786. The highest BCUT2D eigenvalue weighted by molar-refractivity contribution is 5.96. The molecule has 2 aromatic rings. The van der Waals surface area contributed by atoms with Gasteiger partial charge in [0.1, 0.15) is 0 Å². The van der Waals surface area contributed by atoms with Crippen LogP contribution >= 0.6 is 0 Å². The molecule has 0 aliphatic rings. The van der Waals surface area contributed by atoms with E-state index in [-0.39, 0.29) is 30.1 Å². The number of benzene rings is 2. The average molecular weight is 376 g/mol. The molecule has 6 nitrogen and oxygen atoms in total. The number of nitrogens with one attached hydrogen (secondary N) is 1. The van der Waals surface area contributed by atoms with Crippen LogP contribution in [0.3, 0.4) is 0 Å². The van der Waals surface area contributed by atoms with E-state index < -0.39 is 23.5 Å². The Balaban J connectivity index is 2.06. The smallest absolute Gasteiger partial charge is 0.337 e. The third-order valence-electron chi connectivity index (χ3n) is 3.72. The maximum absolute atomic E-state index is 13.2. The lowest BCUT2D eigenvalue weighted by molar-refractivity contribution is -0.117. The summed E-state index contributed by atoms with van der Waals surface area (Å²) in [6.45, 7) is 1.37. The molecule has 2 rings (SSSR count). The van der Waals surface area contributed by atoms with Crippen molar-refractivity contribution in [2.75, 3.05) is 23.9 Å². The van der Waals surface area contributed by atoms with E-state index in [1.807, 2.05) is 0 Å². The minimum absolute atomic E-state index is 0.0372. The Morgan fingerprint density at radius 3 is 2.44 bits per heavy atom. The summed E-state index contributed by atoms with van der Waals surface area (Å²) < 4.78 is 30.8. The fraction of sp³-hybridized carbons (Fsp3) is 0.211. The van der Waals surface area contributed by atoms with E-state index >= 15 is 0 Å². The Morgan fingerprint density at radius 1 is 1.07 bits per heavy atom. The van der Waals surface area contributed by atoms with Crippen LogP contribution in [0.15, 0.2) is 42.5 Å². The van der Waals surface area contributed by atoms with Gasteiger partial charge in [-0.2, -0.15) is 0 Å². The molecule has 0 atom stereocenters. The number of carbonyl (C=O) groups is 3. The summed E-state index contributed by atoms with van der Waals surface area (Å²) in [4.78, 5) is 36.9. The van der Waals surface area contributed by atoms with Crippen LogP contribution < -0.4 is 10.2 Å². The number of halogens is 2. The lowest BCUT2D eigenvalue weighted by Gasteiger charge is -2.21. The molecule has 0 aliphatic carbocycles. The zero-order chi connectivity index (χ0) is 20.0. The Labute approximate surface area is 154 Å². The molecule has 0 aromatic heterocycles. The van der Waals surface area contributed by atoms with Crippen LogP contribution in [0.2, 0.25) is 0 Å². The highest BCUT2D eigenvalue weighted by Gasteiger charge is 2.16. The number of hydrogen-bond donors (Lipinski definition) is 1. The second-order valence-electron chi connectivity index (χ2n) is 5.64. The molecule has 27 heavy (non-hydrogen) atoms. The zero-order valence-corrected chi connectivity index (χ0v) is 14.8. The van der Waals surface area contributed by atoms with Gasteiger partial charge in [-0.3, -0.25) is 9.59 Å². The summed E-state index contributed by atoms with van der Waals surface area (Å²) in [5.74, 6) is -3.43. The van der Waals surface area contributed by atoms with Crippen molar-refractivity contribution in [1.29, 1.82) is 0 Å². The van der Waals surface area contributed by atoms with E-state index in [2.05, 4.69) is 10.1 Å². The molecule has 0 aliphatic heterocycles. The van der Waals surface area contributed by atoms with Gasteiger partial charge in [0.15, 0.2) is 11.6 Å². The van der Waals surface area contributed by atoms with Crippen LogP contribution in [-0.2, 0) is 14.3 Å². The normalized spacial score (nSPS) is 10.2. The van der Waals surface area contributed by atoms with Gasteiger partial charge in [0, 0.05) is 37.3 Å². The molecule has 142 valence electrons. The molecular weight excluding hydrogens is 358 g/mol. The SMILES string of the molecule is COC(=O)c1cccc(N(CCC(=O)Nc2ccc(F)c(F)c2)C(C)=O)c1. The first-order valence-corrected chi connectivity index (χ1v) is 8.03. The Morgan fingerprint density at radius 2 is 1.81 bits per heavy atom. The van der Waals surface area contributed by atoms with Crippen LogP contribution in [0.25, 0.3) is 0 Å². The monoisotopic (exact) mass is 376 g/mol. The number of nitrogens with zero attached hydrogens (tertiary/aromatic N) is 1. The van der Waals surface area contributed by atoms with Gasteiger partial charge in [0.2, 0.25) is 11.8 Å². The van der Waals surface area contributed by atoms with Crippen molar-refractivity contribution in [1.82, 2.24) is 0 Å². The molecule has 0 saturated heterocycles. The summed E-state index contributed by atoms with van der Waals surface area (Å²) in [5, 5.41) is 2.44. The highest BCUT2D eigenvalue weighted by Crippen LogP contribution is 2.18. The topological polar surface area (TPSA) is 75.7 Å². The first kappa shape index (κ1) is 20.0. The van der Waals surface area contributed by atoms with E-state index in [9.17, 15) is 23.2 Å². The fourth-order valence-electron chi connectivity index (χ4n) is 2.40. The number of anilines is 2. The van der Waals surface area contributed by atoms with Crippen molar-refractivity contribution in [3.8, 4) is 0 Å². The highest BCUT2D eigenvalue weighted by atomic mass is 19.2. The number of methoxy groups -OCH3 is 1. The second kappa shape index (κ2) is 8.88. The third-order valence-corrected chi connectivity index (χ3v) is 3.72. The van der Waals surface area contributed by atoms with Gasteiger partial charge >= 0.3 is 5.97 Å². The molecule has 0 saturated carbocycles. The van der Waals surface area contributed by atoms with Crippen molar-refractivity contribution < 1.29 is 27.9 Å². The Bertz CT molecular complexity index is 871. The van der Waals surface area contributed by atoms with Crippen LogP contribution in [-0.4, -0.2) is 31.4 Å². The number of ether oxygens (including phenoxy) is 1. The van der Waals surface area contributed by atoms with Gasteiger partial charge < -0.3 is 15.0 Å². The van der Waals surface area contributed by atoms with Crippen molar-refractivity contribution in [2.45, 2.75) is 13.3 Å². The van der Waals surface area contributed by atoms with E-state index in [1.165, 1.54) is 31.1 Å². The standard InChI is InChI=1S/C19H18F2N2O4/c1-12(24)23(15-5-3-4-13(10-15)19(26)27-2)9-8-18(25)22-14-6-7-16(20)17(21)11-14/h3-7,10-11H,8-9H2,1-2H3,(H,22,25). The predicted molar refractivity (Wildman–Crippen MR) is 95.4 cm³/mol. The minimum Gasteiger partial charge on any atom is -0.465 e. The first-order chi connectivity index (χ1) is 12.8. The number of carbonyl (C=O) groups excluding carboxylic acids is 3. The Kier molecular flexibility index (Phi) is 6.59. The average Bonchev–Trinajstić information content (AvgIpc) is 2.64. The molecule has 8 heteroatoms. The van der Waals surface area contributed by atoms with Gasteiger partial charge in [0.25, 0.3) is 0 Å². The zero-order valence-electron chi connectivity index (χ0n) is 14.8. The summed E-state index contributed by atoms with van der Waals surface area (Å²) in [6.07, 6.45) is -0.0823. The fourth-order valence-corrected chi connectivity index (χ4v) is 2.40. The van der Waals surface area contributed by atoms with Gasteiger partial charge in [-0.25, -0.2) is 13.6 Å². The molecule has 0 radical (unpaired) electrons. The lowest BCUT2D eigenvalue weighted by Crippen LogP contribution is -2.32. The number of rotatable bonds is 6. The molecule has 0 unspecified atom stereocenters. The Hall–Kier alpha value is -3.29. The van der Waals surface area contributed by atoms with E-state index in [1.54, 1.807) is 18.2 Å². The van der Waals surface area contributed by atoms with E-state index in [0.29, 0.717) is 5.69 Å². The van der Waals surface area contributed by atoms with Gasteiger partial charge in [0.05, 0.1) is 12.7 Å². The molecule has 0 fully saturated rings. The first-order valence-electron chi connectivity index (χ1n) is 8.03. The van der Waals surface area contributed by atoms with Gasteiger partial charge in [-0.05, 0) is 30.3 Å². The minimum atomic E-state index is -1.07. The molecule has 0 heterocycles. The van der Waals surface area contributed by atoms with Crippen LogP contribution in [0.5, 0.6) is 0 Å². The summed E-state index contributed by atoms with van der Waals surface area (Å²) in [5.41, 5.74) is 0.819. The second-order valence-corrected chi connectivity index (χ2v) is 5.64. The molecule has 2 amide bonds. The van der Waals surface area contributed by atoms with Crippen LogP contribution in [0.4, 0.5) is 20.2 Å². The van der Waals surface area contributed by atoms with Crippen LogP contribution in [0, 0.1) is 11.6 Å². The number of esters is 1. The molecule has 0 spiro atoms. The van der Waals surface area contributed by atoms with E-state index in [0.717, 1.165) is 12.1 Å². The summed E-state index contributed by atoms with van der Waals surface area (Å²) in [7, 11) is 1.25. The molecule has 1 N–H and O–H groups in total. The van der Waals surface area contributed by atoms with Crippen LogP contribution in [0.1, 0.15) is 23.7 Å². The predicted octanol–water partition coefficient (Wildman–Crippen LogP) is 3.13. The third kappa shape index (κ3) is 5.34. The number of hydrogen-bond acceptors (Lipinski definition) is 4. The molecule has 0 bridgehead atoms. The maximum atomic E-state index is 13.2. The van der Waals surface area contributed by atoms with E-state index in [4.69, 9.17) is 0 Å². The number of amides is 2. The van der Waals surface area contributed by atoms with Crippen molar-refractivity contribution >= 4 is 29.2 Å². The summed E-state index contributed by atoms with van der Waals surface area (Å²) in [6, 6.07) is 9.27. The van der Waals surface area contributed by atoms with Crippen molar-refractivity contribution in [3.05, 3.63) is 59.7 Å². The van der Waals surface area contributed by atoms with Crippen molar-refractivity contribution in [2.24, 2.45) is 0 Å². The van der Waals surface area contributed by atoms with Gasteiger partial charge in [-0.15, -0.1) is 0 Å². The molecular formula is C19H18F2N2O4. The van der Waals surface area contributed by atoms with Crippen molar-refractivity contribution in [3.63, 3.8) is 0 Å². The maximum Gasteiger partial charge on any atom is 0.337 e. The summed E-state index contributed by atoms with van der Waals surface area (Å²) >= 11 is 0. The largest absolute Gasteiger partial charge is 0.465 e. The lowest BCUT2D eigenvalue weighted by atomic mass is 10.1.